The molecule has 0 aliphatic carbocycles. The first-order chi connectivity index (χ1) is 10.7. The lowest BCUT2D eigenvalue weighted by atomic mass is 9.89. The Morgan fingerprint density at radius 1 is 1.13 bits per heavy atom. The molecule has 0 bridgehead atoms. The first kappa shape index (κ1) is 17.9. The summed E-state index contributed by atoms with van der Waals surface area (Å²) < 4.78 is 13.4. The van der Waals surface area contributed by atoms with E-state index >= 15 is 0 Å². The maximum Gasteiger partial charge on any atom is 0.126 e. The van der Waals surface area contributed by atoms with Gasteiger partial charge in [-0.2, -0.15) is 0 Å². The van der Waals surface area contributed by atoms with Crippen LogP contribution in [0, 0.1) is 18.7 Å². The van der Waals surface area contributed by atoms with Gasteiger partial charge in [0.15, 0.2) is 0 Å². The summed E-state index contributed by atoms with van der Waals surface area (Å²) in [7, 11) is 0. The van der Waals surface area contributed by atoms with Crippen LogP contribution in [0.25, 0.3) is 0 Å². The van der Waals surface area contributed by atoms with Gasteiger partial charge in [0.25, 0.3) is 0 Å². The third-order valence-corrected chi connectivity index (χ3v) is 4.68. The van der Waals surface area contributed by atoms with Gasteiger partial charge in [-0.25, -0.2) is 4.39 Å². The van der Waals surface area contributed by atoms with Crippen LogP contribution in [0.1, 0.15) is 22.6 Å². The molecule has 4 heteroatoms. The maximum atomic E-state index is 13.4. The van der Waals surface area contributed by atoms with E-state index in [4.69, 9.17) is 5.73 Å². The van der Waals surface area contributed by atoms with E-state index < -0.39 is 0 Å². The highest BCUT2D eigenvalue weighted by molar-refractivity contribution is 5.85. The van der Waals surface area contributed by atoms with Gasteiger partial charge in [-0.05, 0) is 42.1 Å². The van der Waals surface area contributed by atoms with E-state index in [0.717, 1.165) is 19.6 Å². The molecular weight excluding hydrogens is 311 g/mol. The minimum atomic E-state index is -0.132. The van der Waals surface area contributed by atoms with Gasteiger partial charge in [0.2, 0.25) is 0 Å². The zero-order valence-electron chi connectivity index (χ0n) is 13.4. The number of aryl methyl sites for hydroxylation is 1. The van der Waals surface area contributed by atoms with Crippen LogP contribution in [0.5, 0.6) is 0 Å². The first-order valence-electron chi connectivity index (χ1n) is 7.89. The lowest BCUT2D eigenvalue weighted by Crippen LogP contribution is -2.23. The van der Waals surface area contributed by atoms with Gasteiger partial charge in [0.05, 0.1) is 0 Å². The third kappa shape index (κ3) is 4.11. The van der Waals surface area contributed by atoms with Gasteiger partial charge < -0.3 is 5.73 Å². The molecule has 0 amide bonds. The summed E-state index contributed by atoms with van der Waals surface area (Å²) in [5.41, 5.74) is 9.24. The van der Waals surface area contributed by atoms with Crippen molar-refractivity contribution in [3.8, 4) is 0 Å². The fourth-order valence-electron chi connectivity index (χ4n) is 3.47. The summed E-state index contributed by atoms with van der Waals surface area (Å²) in [6.45, 7) is 5.41. The van der Waals surface area contributed by atoms with Gasteiger partial charge in [-0.15, -0.1) is 12.4 Å². The number of nitrogens with zero attached hydrogens (tertiary/aromatic N) is 1. The second-order valence-electron chi connectivity index (χ2n) is 6.29. The summed E-state index contributed by atoms with van der Waals surface area (Å²) in [5.74, 6) is 0.851. The number of nitrogens with two attached hydrogens (primary N) is 1. The highest BCUT2D eigenvalue weighted by Crippen LogP contribution is 2.32. The fraction of sp³-hybridized carbons (Fsp3) is 0.368. The monoisotopic (exact) mass is 334 g/mol. The van der Waals surface area contributed by atoms with Crippen LogP contribution < -0.4 is 5.73 Å². The summed E-state index contributed by atoms with van der Waals surface area (Å²) in [4.78, 5) is 2.43. The smallest absolute Gasteiger partial charge is 0.126 e. The number of hydrogen-bond donors (Lipinski definition) is 1. The average Bonchev–Trinajstić information content (AvgIpc) is 2.95. The molecule has 0 radical (unpaired) electrons. The second kappa shape index (κ2) is 7.91. The van der Waals surface area contributed by atoms with Crippen LogP contribution in [0.2, 0.25) is 0 Å². The Bertz CT molecular complexity index is 633. The van der Waals surface area contributed by atoms with Crippen molar-refractivity contribution >= 4 is 12.4 Å². The molecule has 1 saturated heterocycles. The molecule has 0 spiro atoms. The Morgan fingerprint density at radius 2 is 1.87 bits per heavy atom. The van der Waals surface area contributed by atoms with Gasteiger partial charge >= 0.3 is 0 Å². The predicted molar refractivity (Wildman–Crippen MR) is 95.4 cm³/mol. The van der Waals surface area contributed by atoms with E-state index in [1.165, 1.54) is 11.1 Å². The normalized spacial score (nSPS) is 21.2. The molecule has 1 fully saturated rings. The summed E-state index contributed by atoms with van der Waals surface area (Å²) >= 11 is 0. The topological polar surface area (TPSA) is 29.3 Å². The lowest BCUT2D eigenvalue weighted by molar-refractivity contribution is 0.316. The standard InChI is InChI=1S/C19H23FN2.ClH/c1-14-9-15(7-8-19(14)20)11-22-12-17(10-21)18(13-22)16-5-3-2-4-6-16;/h2-9,17-18H,10-13,21H2,1H3;1H/t17-,18+;/m1./s1. The molecule has 1 aliphatic rings. The van der Waals surface area contributed by atoms with E-state index in [-0.39, 0.29) is 18.2 Å². The Kier molecular flexibility index (Phi) is 6.17. The number of halogens is 2. The molecule has 2 aromatic rings. The molecule has 2 aromatic carbocycles. The lowest BCUT2D eigenvalue weighted by Gasteiger charge is -2.17. The van der Waals surface area contributed by atoms with Gasteiger partial charge in [0, 0.05) is 25.6 Å². The molecule has 23 heavy (non-hydrogen) atoms. The van der Waals surface area contributed by atoms with Gasteiger partial charge in [0.1, 0.15) is 5.82 Å². The predicted octanol–water partition coefficient (Wildman–Crippen LogP) is 3.73. The molecule has 0 aromatic heterocycles. The Morgan fingerprint density at radius 3 is 2.52 bits per heavy atom. The highest BCUT2D eigenvalue weighted by Gasteiger charge is 2.32. The van der Waals surface area contributed by atoms with Crippen LogP contribution in [-0.2, 0) is 6.54 Å². The number of likely N-dealkylation sites (tertiary alicyclic amines) is 1. The molecule has 2 nitrogen and oxygen atoms in total. The molecule has 2 N–H and O–H groups in total. The van der Waals surface area contributed by atoms with Gasteiger partial charge in [-0.3, -0.25) is 4.90 Å². The number of rotatable bonds is 4. The van der Waals surface area contributed by atoms with Crippen molar-refractivity contribution in [1.29, 1.82) is 0 Å². The average molecular weight is 335 g/mol. The zero-order valence-corrected chi connectivity index (χ0v) is 14.2. The van der Waals surface area contributed by atoms with Crippen molar-refractivity contribution in [2.45, 2.75) is 19.4 Å². The minimum absolute atomic E-state index is 0. The molecule has 0 saturated carbocycles. The Hall–Kier alpha value is -1.42. The van der Waals surface area contributed by atoms with Crippen molar-refractivity contribution in [2.24, 2.45) is 11.7 Å². The Labute approximate surface area is 143 Å². The third-order valence-electron chi connectivity index (χ3n) is 4.68. The quantitative estimate of drug-likeness (QED) is 0.923. The number of benzene rings is 2. The zero-order chi connectivity index (χ0) is 15.5. The molecule has 124 valence electrons. The van der Waals surface area contributed by atoms with Crippen molar-refractivity contribution in [3.63, 3.8) is 0 Å². The molecule has 1 aliphatic heterocycles. The first-order valence-corrected chi connectivity index (χ1v) is 7.89. The highest BCUT2D eigenvalue weighted by atomic mass is 35.5. The van der Waals surface area contributed by atoms with Crippen LogP contribution >= 0.6 is 12.4 Å². The van der Waals surface area contributed by atoms with E-state index in [9.17, 15) is 4.39 Å². The van der Waals surface area contributed by atoms with Crippen LogP contribution in [0.3, 0.4) is 0 Å². The minimum Gasteiger partial charge on any atom is -0.330 e. The molecule has 0 unspecified atom stereocenters. The van der Waals surface area contributed by atoms with Crippen LogP contribution in [-0.4, -0.2) is 24.5 Å². The van der Waals surface area contributed by atoms with E-state index in [2.05, 4.69) is 35.2 Å². The Balaban J connectivity index is 0.00000192. The molecule has 2 atom stereocenters. The van der Waals surface area contributed by atoms with Gasteiger partial charge in [-0.1, -0.05) is 42.5 Å². The number of hydrogen-bond acceptors (Lipinski definition) is 2. The van der Waals surface area contributed by atoms with Crippen molar-refractivity contribution < 1.29 is 4.39 Å². The summed E-state index contributed by atoms with van der Waals surface area (Å²) in [6, 6.07) is 16.0. The van der Waals surface area contributed by atoms with Crippen molar-refractivity contribution in [3.05, 3.63) is 71.0 Å². The summed E-state index contributed by atoms with van der Waals surface area (Å²) in [5, 5.41) is 0. The maximum absolute atomic E-state index is 13.4. The molecular formula is C19H24ClFN2. The fourth-order valence-corrected chi connectivity index (χ4v) is 3.47. The van der Waals surface area contributed by atoms with Crippen molar-refractivity contribution in [1.82, 2.24) is 4.90 Å². The summed E-state index contributed by atoms with van der Waals surface area (Å²) in [6.07, 6.45) is 0. The largest absolute Gasteiger partial charge is 0.330 e. The van der Waals surface area contributed by atoms with Crippen molar-refractivity contribution in [2.75, 3.05) is 19.6 Å². The van der Waals surface area contributed by atoms with E-state index in [1.54, 1.807) is 6.07 Å². The van der Waals surface area contributed by atoms with Crippen LogP contribution in [0.4, 0.5) is 4.39 Å². The SMILES string of the molecule is Cc1cc(CN2C[C@@H](CN)[C@H](c3ccccc3)C2)ccc1F.Cl. The second-order valence-corrected chi connectivity index (χ2v) is 6.29. The van der Waals surface area contributed by atoms with E-state index in [1.807, 2.05) is 19.1 Å². The van der Waals surface area contributed by atoms with Crippen LogP contribution in [0.15, 0.2) is 48.5 Å². The molecule has 1 heterocycles. The van der Waals surface area contributed by atoms with E-state index in [0.29, 0.717) is 23.9 Å². The molecule has 3 rings (SSSR count).